The van der Waals surface area contributed by atoms with E-state index in [1.165, 1.54) is 0 Å². The fraction of sp³-hybridized carbons (Fsp3) is 0.636. The lowest BCUT2D eigenvalue weighted by Gasteiger charge is -2.16. The van der Waals surface area contributed by atoms with Crippen molar-refractivity contribution in [3.63, 3.8) is 0 Å². The molecule has 1 heterocycles. The second kappa shape index (κ2) is 4.65. The highest BCUT2D eigenvalue weighted by Crippen LogP contribution is 2.20. The molecule has 2 N–H and O–H groups in total. The monoisotopic (exact) mass is 223 g/mol. The molecule has 2 atom stereocenters. The molecule has 1 aromatic heterocycles. The van der Waals surface area contributed by atoms with Crippen molar-refractivity contribution in [2.24, 2.45) is 5.73 Å². The summed E-state index contributed by atoms with van der Waals surface area (Å²) in [7, 11) is 0. The van der Waals surface area contributed by atoms with Gasteiger partial charge in [-0.15, -0.1) is 0 Å². The molecule has 5 heteroatoms. The van der Waals surface area contributed by atoms with Crippen molar-refractivity contribution in [3.05, 3.63) is 22.7 Å². The number of hydrogen-bond acceptors (Lipinski definition) is 4. The predicted molar refractivity (Wildman–Crippen MR) is 60.4 cm³/mol. The van der Waals surface area contributed by atoms with Gasteiger partial charge in [-0.05, 0) is 26.2 Å². The first-order valence-electron chi connectivity index (χ1n) is 5.70. The van der Waals surface area contributed by atoms with Gasteiger partial charge < -0.3 is 15.0 Å². The molecule has 0 aromatic carbocycles. The highest BCUT2D eigenvalue weighted by Gasteiger charge is 2.26. The largest absolute Gasteiger partial charge is 0.469 e. The molecule has 2 rings (SSSR count). The van der Waals surface area contributed by atoms with Crippen LogP contribution in [-0.4, -0.2) is 21.7 Å². The SMILES string of the molecule is CCn1ccnc(OC2CCCC2N)c1=O. The lowest BCUT2D eigenvalue weighted by molar-refractivity contribution is 0.179. The minimum Gasteiger partial charge on any atom is -0.469 e. The van der Waals surface area contributed by atoms with E-state index >= 15 is 0 Å². The van der Waals surface area contributed by atoms with E-state index in [9.17, 15) is 4.79 Å². The van der Waals surface area contributed by atoms with E-state index < -0.39 is 0 Å². The van der Waals surface area contributed by atoms with Crippen LogP contribution in [0.1, 0.15) is 26.2 Å². The van der Waals surface area contributed by atoms with Gasteiger partial charge in [0.15, 0.2) is 0 Å². The van der Waals surface area contributed by atoms with Gasteiger partial charge in [0, 0.05) is 25.0 Å². The molecule has 88 valence electrons. The minimum absolute atomic E-state index is 0.0245. The van der Waals surface area contributed by atoms with Crippen LogP contribution in [0.25, 0.3) is 0 Å². The average molecular weight is 223 g/mol. The summed E-state index contributed by atoms with van der Waals surface area (Å²) in [5, 5.41) is 0. The molecule has 1 saturated carbocycles. The summed E-state index contributed by atoms with van der Waals surface area (Å²) in [6.07, 6.45) is 6.10. The third-order valence-corrected chi connectivity index (χ3v) is 2.99. The number of ether oxygens (including phenoxy) is 1. The first kappa shape index (κ1) is 11.1. The number of nitrogens with zero attached hydrogens (tertiary/aromatic N) is 2. The quantitative estimate of drug-likeness (QED) is 0.811. The molecule has 1 aliphatic carbocycles. The van der Waals surface area contributed by atoms with E-state index in [-0.39, 0.29) is 23.6 Å². The number of aryl methyl sites for hydroxylation is 1. The lowest BCUT2D eigenvalue weighted by Crippen LogP contribution is -2.36. The Labute approximate surface area is 94.2 Å². The summed E-state index contributed by atoms with van der Waals surface area (Å²) in [5.41, 5.74) is 5.71. The zero-order chi connectivity index (χ0) is 11.5. The summed E-state index contributed by atoms with van der Waals surface area (Å²) in [6, 6.07) is 0.0245. The molecule has 1 aliphatic rings. The first-order chi connectivity index (χ1) is 7.72. The maximum absolute atomic E-state index is 11.8. The normalized spacial score (nSPS) is 24.6. The van der Waals surface area contributed by atoms with Crippen molar-refractivity contribution in [1.82, 2.24) is 9.55 Å². The molecule has 0 bridgehead atoms. The Bertz CT molecular complexity index is 416. The van der Waals surface area contributed by atoms with Gasteiger partial charge in [0.05, 0.1) is 0 Å². The Balaban J connectivity index is 2.18. The van der Waals surface area contributed by atoms with E-state index in [1.807, 2.05) is 6.92 Å². The molecule has 16 heavy (non-hydrogen) atoms. The molecule has 5 nitrogen and oxygen atoms in total. The van der Waals surface area contributed by atoms with Crippen molar-refractivity contribution in [2.75, 3.05) is 0 Å². The minimum atomic E-state index is -0.177. The van der Waals surface area contributed by atoms with Crippen LogP contribution in [-0.2, 0) is 6.54 Å². The smallest absolute Gasteiger partial charge is 0.313 e. The standard InChI is InChI=1S/C11H17N3O2/c1-2-14-7-6-13-10(11(14)15)16-9-5-3-4-8(9)12/h6-9H,2-5,12H2,1H3. The average Bonchev–Trinajstić information content (AvgIpc) is 2.68. The Morgan fingerprint density at radius 3 is 3.06 bits per heavy atom. The number of rotatable bonds is 3. The third kappa shape index (κ3) is 2.09. The van der Waals surface area contributed by atoms with Crippen molar-refractivity contribution in [2.45, 2.75) is 44.9 Å². The van der Waals surface area contributed by atoms with Gasteiger partial charge in [-0.25, -0.2) is 4.98 Å². The summed E-state index contributed by atoms with van der Waals surface area (Å²) in [6.45, 7) is 2.53. The molecule has 1 aromatic rings. The van der Waals surface area contributed by atoms with Crippen molar-refractivity contribution >= 4 is 0 Å². The van der Waals surface area contributed by atoms with Gasteiger partial charge in [-0.3, -0.25) is 4.79 Å². The fourth-order valence-corrected chi connectivity index (χ4v) is 2.00. The van der Waals surface area contributed by atoms with E-state index in [0.717, 1.165) is 19.3 Å². The fourth-order valence-electron chi connectivity index (χ4n) is 2.00. The van der Waals surface area contributed by atoms with Crippen LogP contribution in [0.2, 0.25) is 0 Å². The molecule has 0 amide bonds. The van der Waals surface area contributed by atoms with Gasteiger partial charge >= 0.3 is 5.56 Å². The van der Waals surface area contributed by atoms with Crippen LogP contribution < -0.4 is 16.0 Å². The molecule has 0 aliphatic heterocycles. The molecular formula is C11H17N3O2. The maximum Gasteiger partial charge on any atom is 0.313 e. The van der Waals surface area contributed by atoms with Gasteiger partial charge in [0.1, 0.15) is 6.10 Å². The van der Waals surface area contributed by atoms with E-state index in [2.05, 4.69) is 4.98 Å². The van der Waals surface area contributed by atoms with Crippen molar-refractivity contribution in [3.8, 4) is 5.88 Å². The van der Waals surface area contributed by atoms with Gasteiger partial charge in [-0.1, -0.05) is 0 Å². The molecule has 0 spiro atoms. The van der Waals surface area contributed by atoms with Gasteiger partial charge in [0.2, 0.25) is 0 Å². The third-order valence-electron chi connectivity index (χ3n) is 2.99. The van der Waals surface area contributed by atoms with E-state index in [4.69, 9.17) is 10.5 Å². The number of hydrogen-bond donors (Lipinski definition) is 1. The van der Waals surface area contributed by atoms with Crippen LogP contribution >= 0.6 is 0 Å². The predicted octanol–water partition coefficient (Wildman–Crippen LogP) is 0.522. The topological polar surface area (TPSA) is 70.1 Å². The molecule has 0 radical (unpaired) electrons. The zero-order valence-electron chi connectivity index (χ0n) is 9.43. The number of aromatic nitrogens is 2. The summed E-state index contributed by atoms with van der Waals surface area (Å²) in [5.74, 6) is 0.173. The number of nitrogens with two attached hydrogens (primary N) is 1. The molecule has 0 saturated heterocycles. The van der Waals surface area contributed by atoms with Crippen LogP contribution in [0.3, 0.4) is 0 Å². The zero-order valence-corrected chi connectivity index (χ0v) is 9.43. The van der Waals surface area contributed by atoms with Crippen LogP contribution in [0.4, 0.5) is 0 Å². The summed E-state index contributed by atoms with van der Waals surface area (Å²) >= 11 is 0. The van der Waals surface area contributed by atoms with E-state index in [0.29, 0.717) is 6.54 Å². The van der Waals surface area contributed by atoms with Crippen LogP contribution in [0.5, 0.6) is 5.88 Å². The second-order valence-electron chi connectivity index (χ2n) is 4.07. The summed E-state index contributed by atoms with van der Waals surface area (Å²) in [4.78, 5) is 15.8. The van der Waals surface area contributed by atoms with E-state index in [1.54, 1.807) is 17.0 Å². The molecule has 1 fully saturated rings. The lowest BCUT2D eigenvalue weighted by atomic mass is 10.2. The Kier molecular flexibility index (Phi) is 3.24. The highest BCUT2D eigenvalue weighted by atomic mass is 16.5. The van der Waals surface area contributed by atoms with Crippen LogP contribution in [0, 0.1) is 0 Å². The summed E-state index contributed by atoms with van der Waals surface area (Å²) < 4.78 is 7.16. The van der Waals surface area contributed by atoms with Gasteiger partial charge in [0.25, 0.3) is 5.88 Å². The Hall–Kier alpha value is -1.36. The highest BCUT2D eigenvalue weighted by molar-refractivity contribution is 5.06. The second-order valence-corrected chi connectivity index (χ2v) is 4.07. The van der Waals surface area contributed by atoms with Crippen LogP contribution in [0.15, 0.2) is 17.2 Å². The van der Waals surface area contributed by atoms with Crippen molar-refractivity contribution < 1.29 is 4.74 Å². The van der Waals surface area contributed by atoms with Crippen molar-refractivity contribution in [1.29, 1.82) is 0 Å². The maximum atomic E-state index is 11.8. The first-order valence-corrected chi connectivity index (χ1v) is 5.70. The Morgan fingerprint density at radius 2 is 2.44 bits per heavy atom. The molecular weight excluding hydrogens is 206 g/mol. The molecule has 2 unspecified atom stereocenters. The Morgan fingerprint density at radius 1 is 1.62 bits per heavy atom. The van der Waals surface area contributed by atoms with Gasteiger partial charge in [-0.2, -0.15) is 0 Å².